The first-order chi connectivity index (χ1) is 15.1. The van der Waals surface area contributed by atoms with E-state index < -0.39 is 29.9 Å². The summed E-state index contributed by atoms with van der Waals surface area (Å²) in [5.41, 5.74) is 1.92. The Labute approximate surface area is 179 Å². The number of fused-ring (bicyclic) bond motifs is 1. The fourth-order valence-corrected chi connectivity index (χ4v) is 3.39. The quantitative estimate of drug-likeness (QED) is 0.579. The van der Waals surface area contributed by atoms with Gasteiger partial charge in [0.1, 0.15) is 23.4 Å². The summed E-state index contributed by atoms with van der Waals surface area (Å²) >= 11 is 0. The molecule has 0 saturated carbocycles. The van der Waals surface area contributed by atoms with Crippen LogP contribution in [0, 0.1) is 12.7 Å². The van der Waals surface area contributed by atoms with Crippen molar-refractivity contribution in [2.45, 2.75) is 25.7 Å². The lowest BCUT2D eigenvalue weighted by atomic mass is 10.1. The van der Waals surface area contributed by atoms with Crippen molar-refractivity contribution in [1.82, 2.24) is 9.78 Å². The van der Waals surface area contributed by atoms with Gasteiger partial charge in [0.15, 0.2) is 0 Å². The van der Waals surface area contributed by atoms with Crippen molar-refractivity contribution in [3.8, 4) is 17.0 Å². The zero-order valence-corrected chi connectivity index (χ0v) is 16.5. The van der Waals surface area contributed by atoms with Crippen LogP contribution in [-0.2, 0) is 9.59 Å². The van der Waals surface area contributed by atoms with Crippen LogP contribution < -0.4 is 15.4 Å². The summed E-state index contributed by atoms with van der Waals surface area (Å²) in [4.78, 5) is 25.1. The molecule has 4 rings (SSSR count). The molecule has 1 aliphatic rings. The predicted octanol–water partition coefficient (Wildman–Crippen LogP) is 4.42. The zero-order chi connectivity index (χ0) is 23.0. The summed E-state index contributed by atoms with van der Waals surface area (Å²) < 4.78 is 55.3. The summed E-state index contributed by atoms with van der Waals surface area (Å²) in [5, 5.41) is 9.72. The molecule has 1 aromatic heterocycles. The molecule has 3 aromatic rings. The Kier molecular flexibility index (Phi) is 5.33. The number of hydrogen-bond acceptors (Lipinski definition) is 4. The van der Waals surface area contributed by atoms with E-state index in [0.29, 0.717) is 22.6 Å². The molecule has 0 radical (unpaired) electrons. The fourth-order valence-electron chi connectivity index (χ4n) is 3.39. The number of benzene rings is 2. The molecule has 7 nitrogen and oxygen atoms in total. The van der Waals surface area contributed by atoms with Crippen LogP contribution in [0.15, 0.2) is 48.5 Å². The third-order valence-corrected chi connectivity index (χ3v) is 4.85. The third-order valence-electron chi connectivity index (χ3n) is 4.85. The van der Waals surface area contributed by atoms with Crippen molar-refractivity contribution >= 4 is 23.3 Å². The van der Waals surface area contributed by atoms with E-state index in [2.05, 4.69) is 20.5 Å². The summed E-state index contributed by atoms with van der Waals surface area (Å²) in [7, 11) is 0. The molecule has 0 aliphatic carbocycles. The Bertz CT molecular complexity index is 1170. The van der Waals surface area contributed by atoms with E-state index in [-0.39, 0.29) is 18.0 Å². The molecule has 1 atom stereocenters. The highest BCUT2D eigenvalue weighted by Crippen LogP contribution is 2.34. The molecule has 2 amide bonds. The molecular formula is C21H16F4N4O3. The standard InChI is InChI=1S/C21H16F4N4O3/c1-11-18(12-2-4-13(22)5-3-12)28-29-16(10-17(30)27-19(11)29)20(31)26-14-6-8-15(9-7-14)32-21(23,24)25/h2-9,16H,10H2,1H3,(H,26,31)(H,27,30)/t16-/m0/s1. The van der Waals surface area contributed by atoms with Gasteiger partial charge in [0.05, 0.1) is 12.1 Å². The molecule has 0 bridgehead atoms. The van der Waals surface area contributed by atoms with E-state index in [1.165, 1.54) is 41.1 Å². The van der Waals surface area contributed by atoms with Crippen LogP contribution in [0.2, 0.25) is 0 Å². The van der Waals surface area contributed by atoms with Crippen LogP contribution in [0.5, 0.6) is 5.75 Å². The minimum absolute atomic E-state index is 0.182. The third kappa shape index (κ3) is 4.41. The maximum atomic E-state index is 13.3. The zero-order valence-electron chi connectivity index (χ0n) is 16.5. The van der Waals surface area contributed by atoms with Crippen LogP contribution in [0.1, 0.15) is 18.0 Å². The van der Waals surface area contributed by atoms with Crippen molar-refractivity contribution < 1.29 is 31.9 Å². The largest absolute Gasteiger partial charge is 0.573 e. The number of carbonyl (C=O) groups excluding carboxylic acids is 2. The molecule has 2 N–H and O–H groups in total. The number of rotatable bonds is 4. The normalized spacial score (nSPS) is 15.7. The Morgan fingerprint density at radius 3 is 2.44 bits per heavy atom. The number of anilines is 2. The topological polar surface area (TPSA) is 85.2 Å². The van der Waals surface area contributed by atoms with E-state index >= 15 is 0 Å². The monoisotopic (exact) mass is 448 g/mol. The van der Waals surface area contributed by atoms with Crippen molar-refractivity contribution in [1.29, 1.82) is 0 Å². The maximum absolute atomic E-state index is 13.3. The van der Waals surface area contributed by atoms with Gasteiger partial charge in [0.2, 0.25) is 11.8 Å². The first-order valence-corrected chi connectivity index (χ1v) is 9.42. The van der Waals surface area contributed by atoms with E-state index in [1.807, 2.05) is 0 Å². The van der Waals surface area contributed by atoms with Gasteiger partial charge in [0, 0.05) is 16.8 Å². The van der Waals surface area contributed by atoms with E-state index in [9.17, 15) is 27.2 Å². The van der Waals surface area contributed by atoms with Gasteiger partial charge in [-0.15, -0.1) is 13.2 Å². The molecular weight excluding hydrogens is 432 g/mol. The van der Waals surface area contributed by atoms with Crippen LogP contribution in [0.3, 0.4) is 0 Å². The van der Waals surface area contributed by atoms with Gasteiger partial charge in [-0.05, 0) is 55.5 Å². The first-order valence-electron chi connectivity index (χ1n) is 9.42. The molecule has 32 heavy (non-hydrogen) atoms. The molecule has 0 spiro atoms. The highest BCUT2D eigenvalue weighted by molar-refractivity contribution is 6.02. The van der Waals surface area contributed by atoms with Crippen LogP contribution in [0.4, 0.5) is 29.1 Å². The number of amides is 2. The lowest BCUT2D eigenvalue weighted by Gasteiger charge is -2.24. The molecule has 166 valence electrons. The maximum Gasteiger partial charge on any atom is 0.573 e. The number of carbonyl (C=O) groups is 2. The fraction of sp³-hybridized carbons (Fsp3) is 0.190. The minimum atomic E-state index is -4.82. The van der Waals surface area contributed by atoms with Gasteiger partial charge in [-0.25, -0.2) is 9.07 Å². The number of ether oxygens (including phenoxy) is 1. The van der Waals surface area contributed by atoms with Gasteiger partial charge in [0.25, 0.3) is 0 Å². The summed E-state index contributed by atoms with van der Waals surface area (Å²) in [6.07, 6.45) is -5.01. The molecule has 2 heterocycles. The number of nitrogens with one attached hydrogen (secondary N) is 2. The van der Waals surface area contributed by atoms with Crippen molar-refractivity contribution in [2.75, 3.05) is 10.6 Å². The summed E-state index contributed by atoms with van der Waals surface area (Å²) in [6.45, 7) is 1.72. The molecule has 0 saturated heterocycles. The first kappa shape index (κ1) is 21.3. The highest BCUT2D eigenvalue weighted by Gasteiger charge is 2.34. The van der Waals surface area contributed by atoms with Crippen LogP contribution >= 0.6 is 0 Å². The minimum Gasteiger partial charge on any atom is -0.406 e. The molecule has 2 aromatic carbocycles. The Balaban J connectivity index is 1.58. The van der Waals surface area contributed by atoms with Crippen LogP contribution in [0.25, 0.3) is 11.3 Å². The van der Waals surface area contributed by atoms with Crippen molar-refractivity contribution in [3.05, 3.63) is 59.9 Å². The van der Waals surface area contributed by atoms with Crippen molar-refractivity contribution in [3.63, 3.8) is 0 Å². The number of nitrogens with zero attached hydrogens (tertiary/aromatic N) is 2. The molecule has 1 aliphatic heterocycles. The van der Waals surface area contributed by atoms with Crippen molar-refractivity contribution in [2.24, 2.45) is 0 Å². The second-order valence-corrected chi connectivity index (χ2v) is 7.10. The van der Waals surface area contributed by atoms with Gasteiger partial charge >= 0.3 is 6.36 Å². The predicted molar refractivity (Wildman–Crippen MR) is 106 cm³/mol. The van der Waals surface area contributed by atoms with Crippen LogP contribution in [-0.4, -0.2) is 28.0 Å². The van der Waals surface area contributed by atoms with E-state index in [0.717, 1.165) is 12.1 Å². The number of halogens is 4. The van der Waals surface area contributed by atoms with Gasteiger partial charge in [-0.2, -0.15) is 5.10 Å². The molecule has 0 fully saturated rings. The second kappa shape index (κ2) is 7.98. The van der Waals surface area contributed by atoms with Gasteiger partial charge in [-0.1, -0.05) is 0 Å². The average Bonchev–Trinajstić information content (AvgIpc) is 3.05. The summed E-state index contributed by atoms with van der Waals surface area (Å²) in [6, 6.07) is 9.28. The number of alkyl halides is 3. The van der Waals surface area contributed by atoms with Gasteiger partial charge in [-0.3, -0.25) is 9.59 Å². The number of aromatic nitrogens is 2. The molecule has 11 heteroatoms. The van der Waals surface area contributed by atoms with E-state index in [4.69, 9.17) is 0 Å². The lowest BCUT2D eigenvalue weighted by Crippen LogP contribution is -2.35. The van der Waals surface area contributed by atoms with E-state index in [1.54, 1.807) is 6.92 Å². The Morgan fingerprint density at radius 1 is 1.16 bits per heavy atom. The van der Waals surface area contributed by atoms with Gasteiger partial charge < -0.3 is 15.4 Å². The SMILES string of the molecule is Cc1c(-c2ccc(F)cc2)nn2c1NC(=O)C[C@H]2C(=O)Nc1ccc(OC(F)(F)F)cc1. The average molecular weight is 448 g/mol. The Morgan fingerprint density at radius 2 is 1.81 bits per heavy atom. The number of hydrogen-bond donors (Lipinski definition) is 2. The molecule has 0 unspecified atom stereocenters. The lowest BCUT2D eigenvalue weighted by molar-refractivity contribution is -0.274. The second-order valence-electron chi connectivity index (χ2n) is 7.10. The smallest absolute Gasteiger partial charge is 0.406 e. The summed E-state index contributed by atoms with van der Waals surface area (Å²) in [5.74, 6) is -1.46. The Hall–Kier alpha value is -3.89. The highest BCUT2D eigenvalue weighted by atomic mass is 19.4.